The van der Waals surface area contributed by atoms with Gasteiger partial charge in [-0.2, -0.15) is 13.2 Å². The van der Waals surface area contributed by atoms with Gasteiger partial charge in [0.05, 0.1) is 5.56 Å². The number of carbonyl (C=O) groups excluding carboxylic acids is 1. The Balaban J connectivity index is 2.18. The van der Waals surface area contributed by atoms with Gasteiger partial charge in [-0.3, -0.25) is 4.79 Å². The zero-order chi connectivity index (χ0) is 14.8. The molecule has 0 saturated heterocycles. The van der Waals surface area contributed by atoms with E-state index in [4.69, 9.17) is 11.6 Å². The second-order valence-corrected chi connectivity index (χ2v) is 5.40. The molecule has 0 radical (unpaired) electrons. The summed E-state index contributed by atoms with van der Waals surface area (Å²) in [5, 5.41) is 0.159. The molecule has 0 N–H and O–H groups in total. The molecule has 2 aromatic rings. The smallest absolute Gasteiger partial charge is 0.281 e. The minimum absolute atomic E-state index is 0.250. The first-order chi connectivity index (χ1) is 9.36. The van der Waals surface area contributed by atoms with E-state index in [0.29, 0.717) is 10.6 Å². The fraction of sp³-hybridized carbons (Fsp3) is 0.0714. The third kappa shape index (κ3) is 3.77. The molecule has 0 aliphatic heterocycles. The lowest BCUT2D eigenvalue weighted by atomic mass is 10.2. The Bertz CT molecular complexity index is 623. The fourth-order valence-corrected chi connectivity index (χ4v) is 2.41. The van der Waals surface area contributed by atoms with Crippen LogP contribution < -0.4 is 0 Å². The van der Waals surface area contributed by atoms with Crippen LogP contribution >= 0.6 is 23.4 Å². The Kier molecular flexibility index (Phi) is 4.40. The molecule has 0 fully saturated rings. The summed E-state index contributed by atoms with van der Waals surface area (Å²) in [5.41, 5.74) is -0.386. The number of thioether (sulfide) groups is 1. The van der Waals surface area contributed by atoms with E-state index < -0.39 is 11.7 Å². The van der Waals surface area contributed by atoms with Gasteiger partial charge in [0.1, 0.15) is 0 Å². The molecule has 0 unspecified atom stereocenters. The van der Waals surface area contributed by atoms with E-state index in [9.17, 15) is 18.0 Å². The van der Waals surface area contributed by atoms with Gasteiger partial charge >= 0.3 is 6.18 Å². The van der Waals surface area contributed by atoms with Gasteiger partial charge in [-0.15, -0.1) is 0 Å². The van der Waals surface area contributed by atoms with Crippen LogP contribution in [-0.2, 0) is 6.18 Å². The van der Waals surface area contributed by atoms with Crippen LogP contribution in [0.25, 0.3) is 0 Å². The average Bonchev–Trinajstić information content (AvgIpc) is 2.38. The maximum Gasteiger partial charge on any atom is 0.416 e. The molecule has 0 saturated carbocycles. The predicted molar refractivity (Wildman–Crippen MR) is 73.1 cm³/mol. The second kappa shape index (κ2) is 5.89. The van der Waals surface area contributed by atoms with Gasteiger partial charge in [-0.05, 0) is 54.2 Å². The van der Waals surface area contributed by atoms with E-state index in [2.05, 4.69) is 0 Å². The summed E-state index contributed by atoms with van der Waals surface area (Å²) in [4.78, 5) is 12.2. The number of halogens is 4. The third-order valence-electron chi connectivity index (χ3n) is 2.45. The monoisotopic (exact) mass is 316 g/mol. The van der Waals surface area contributed by atoms with Crippen LogP contribution in [0.4, 0.5) is 13.2 Å². The van der Waals surface area contributed by atoms with Crippen molar-refractivity contribution in [1.82, 2.24) is 0 Å². The van der Waals surface area contributed by atoms with Crippen molar-refractivity contribution in [1.29, 1.82) is 0 Å². The van der Waals surface area contributed by atoms with Crippen molar-refractivity contribution >= 4 is 28.5 Å². The zero-order valence-electron chi connectivity index (χ0n) is 9.95. The van der Waals surface area contributed by atoms with Crippen LogP contribution in [0.1, 0.15) is 15.9 Å². The predicted octanol–water partition coefficient (Wildman–Crippen LogP) is 5.29. The summed E-state index contributed by atoms with van der Waals surface area (Å²) in [6.07, 6.45) is -4.42. The molecular formula is C14H8ClF3OS. The van der Waals surface area contributed by atoms with Gasteiger partial charge in [0.15, 0.2) is 0 Å². The maximum absolute atomic E-state index is 12.6. The van der Waals surface area contributed by atoms with Crippen LogP contribution in [0.2, 0.25) is 5.02 Å². The summed E-state index contributed by atoms with van der Waals surface area (Å²) in [6.45, 7) is 0. The highest BCUT2D eigenvalue weighted by Gasteiger charge is 2.30. The van der Waals surface area contributed by atoms with E-state index in [1.54, 1.807) is 12.1 Å². The molecule has 1 nitrogen and oxygen atoms in total. The highest BCUT2D eigenvalue weighted by atomic mass is 35.5. The van der Waals surface area contributed by atoms with Gasteiger partial charge < -0.3 is 0 Å². The molecule has 0 spiro atoms. The van der Waals surface area contributed by atoms with Crippen molar-refractivity contribution < 1.29 is 18.0 Å². The normalized spacial score (nSPS) is 11.4. The molecule has 0 bridgehead atoms. The summed E-state index contributed by atoms with van der Waals surface area (Å²) < 4.78 is 37.7. The van der Waals surface area contributed by atoms with Gasteiger partial charge in [0.2, 0.25) is 5.12 Å². The van der Waals surface area contributed by atoms with Crippen LogP contribution in [-0.4, -0.2) is 5.12 Å². The quantitative estimate of drug-likeness (QED) is 0.700. The van der Waals surface area contributed by atoms with Gasteiger partial charge in [0, 0.05) is 15.5 Å². The molecule has 0 heterocycles. The van der Waals surface area contributed by atoms with Crippen LogP contribution in [0.5, 0.6) is 0 Å². The number of benzene rings is 2. The average molecular weight is 317 g/mol. The molecule has 0 amide bonds. The molecule has 0 aliphatic carbocycles. The molecule has 0 aromatic heterocycles. The van der Waals surface area contributed by atoms with Crippen molar-refractivity contribution in [2.75, 3.05) is 0 Å². The topological polar surface area (TPSA) is 17.1 Å². The van der Waals surface area contributed by atoms with Crippen LogP contribution in [0, 0.1) is 0 Å². The van der Waals surface area contributed by atoms with Gasteiger partial charge in [-0.25, -0.2) is 0 Å². The second-order valence-electron chi connectivity index (χ2n) is 3.92. The van der Waals surface area contributed by atoms with Crippen LogP contribution in [0.3, 0.4) is 0 Å². The minimum Gasteiger partial charge on any atom is -0.281 e. The molecule has 2 aromatic carbocycles. The first kappa shape index (κ1) is 14.9. The van der Waals surface area contributed by atoms with Crippen LogP contribution in [0.15, 0.2) is 53.4 Å². The standard InChI is InChI=1S/C14H8ClF3OS/c15-11-6-4-9(5-7-11)13(19)20-12-3-1-2-10(8-12)14(16,17)18/h1-8H. The highest BCUT2D eigenvalue weighted by molar-refractivity contribution is 8.14. The molecular weight excluding hydrogens is 309 g/mol. The lowest BCUT2D eigenvalue weighted by molar-refractivity contribution is -0.137. The van der Waals surface area contributed by atoms with E-state index in [1.165, 1.54) is 24.3 Å². The Morgan fingerprint density at radius 1 is 1.05 bits per heavy atom. The van der Waals surface area contributed by atoms with E-state index in [-0.39, 0.29) is 10.0 Å². The molecule has 20 heavy (non-hydrogen) atoms. The Morgan fingerprint density at radius 3 is 2.30 bits per heavy atom. The SMILES string of the molecule is O=C(Sc1cccc(C(F)(F)F)c1)c1ccc(Cl)cc1. The third-order valence-corrected chi connectivity index (χ3v) is 3.61. The van der Waals surface area contributed by atoms with E-state index in [0.717, 1.165) is 23.9 Å². The first-order valence-electron chi connectivity index (χ1n) is 5.51. The number of rotatable bonds is 2. The molecule has 0 aliphatic rings. The Labute approximate surface area is 122 Å². The van der Waals surface area contributed by atoms with Crippen molar-refractivity contribution in [3.63, 3.8) is 0 Å². The van der Waals surface area contributed by atoms with Crippen molar-refractivity contribution in [3.8, 4) is 0 Å². The van der Waals surface area contributed by atoms with Crippen molar-refractivity contribution in [2.45, 2.75) is 11.1 Å². The van der Waals surface area contributed by atoms with Gasteiger partial charge in [-0.1, -0.05) is 17.7 Å². The van der Waals surface area contributed by atoms with Crippen molar-refractivity contribution in [3.05, 3.63) is 64.7 Å². The number of hydrogen-bond acceptors (Lipinski definition) is 2. The lowest BCUT2D eigenvalue weighted by Gasteiger charge is -2.08. The molecule has 2 rings (SSSR count). The molecule has 6 heteroatoms. The number of alkyl halides is 3. The first-order valence-corrected chi connectivity index (χ1v) is 6.71. The Morgan fingerprint density at radius 2 is 1.70 bits per heavy atom. The highest BCUT2D eigenvalue weighted by Crippen LogP contribution is 2.32. The van der Waals surface area contributed by atoms with E-state index >= 15 is 0 Å². The summed E-state index contributed by atoms with van der Waals surface area (Å²) in [7, 11) is 0. The number of carbonyl (C=O) groups is 1. The fourth-order valence-electron chi connectivity index (χ4n) is 1.49. The summed E-state index contributed by atoms with van der Waals surface area (Å²) >= 11 is 6.46. The largest absolute Gasteiger partial charge is 0.416 e. The minimum atomic E-state index is -4.42. The molecule has 104 valence electrons. The summed E-state index contributed by atoms with van der Waals surface area (Å²) in [6, 6.07) is 10.9. The maximum atomic E-state index is 12.6. The number of hydrogen-bond donors (Lipinski definition) is 0. The van der Waals surface area contributed by atoms with Gasteiger partial charge in [0.25, 0.3) is 0 Å². The molecule has 0 atom stereocenters. The summed E-state index contributed by atoms with van der Waals surface area (Å²) in [5.74, 6) is 0. The zero-order valence-corrected chi connectivity index (χ0v) is 11.5. The Hall–Kier alpha value is -1.46. The van der Waals surface area contributed by atoms with E-state index in [1.807, 2.05) is 0 Å². The lowest BCUT2D eigenvalue weighted by Crippen LogP contribution is -2.04. The van der Waals surface area contributed by atoms with Crippen molar-refractivity contribution in [2.24, 2.45) is 0 Å².